The summed E-state index contributed by atoms with van der Waals surface area (Å²) in [6, 6.07) is 8.60. The lowest BCUT2D eigenvalue weighted by Gasteiger charge is -2.19. The van der Waals surface area contributed by atoms with Crippen LogP contribution in [0.2, 0.25) is 0 Å². The summed E-state index contributed by atoms with van der Waals surface area (Å²) in [4.78, 5) is 1.32. The van der Waals surface area contributed by atoms with Crippen LogP contribution in [0.25, 0.3) is 0 Å². The molecule has 0 amide bonds. The highest BCUT2D eigenvalue weighted by Crippen LogP contribution is 2.37. The molecule has 0 bridgehead atoms. The topological polar surface area (TPSA) is 21.3 Å². The van der Waals surface area contributed by atoms with E-state index in [1.807, 2.05) is 12.1 Å². The molecule has 1 heterocycles. The molecule has 114 valence electrons. The molecule has 0 aliphatic heterocycles. The molecule has 0 saturated heterocycles. The summed E-state index contributed by atoms with van der Waals surface area (Å²) < 4.78 is 7.55. The van der Waals surface area contributed by atoms with Crippen LogP contribution in [0.15, 0.2) is 32.5 Å². The van der Waals surface area contributed by atoms with Gasteiger partial charge in [0.15, 0.2) is 0 Å². The third kappa shape index (κ3) is 4.09. The van der Waals surface area contributed by atoms with Gasteiger partial charge in [-0.3, -0.25) is 0 Å². The zero-order valence-corrected chi connectivity index (χ0v) is 16.4. The van der Waals surface area contributed by atoms with E-state index in [9.17, 15) is 0 Å². The number of thiophene rings is 1. The van der Waals surface area contributed by atoms with Crippen molar-refractivity contribution >= 4 is 43.2 Å². The van der Waals surface area contributed by atoms with E-state index in [-0.39, 0.29) is 6.04 Å². The van der Waals surface area contributed by atoms with Gasteiger partial charge in [-0.05, 0) is 65.1 Å². The van der Waals surface area contributed by atoms with Crippen LogP contribution >= 0.6 is 43.2 Å². The van der Waals surface area contributed by atoms with Gasteiger partial charge in [-0.1, -0.05) is 28.9 Å². The van der Waals surface area contributed by atoms with Gasteiger partial charge in [0.25, 0.3) is 0 Å². The number of ether oxygens (including phenoxy) is 1. The monoisotopic (exact) mass is 431 g/mol. The highest BCUT2D eigenvalue weighted by atomic mass is 79.9. The van der Waals surface area contributed by atoms with Crippen LogP contribution < -0.4 is 10.1 Å². The van der Waals surface area contributed by atoms with Crippen molar-refractivity contribution in [3.63, 3.8) is 0 Å². The standard InChI is InChI=1S/C16H19Br2NOS/c1-4-7-19-15(14-8-10(2)16(18)21-14)12-6-5-11(20-3)9-13(12)17/h5-6,8-9,15,19H,4,7H2,1-3H3. The number of hydrogen-bond acceptors (Lipinski definition) is 3. The first-order chi connectivity index (χ1) is 10.1. The number of rotatable bonds is 6. The molecule has 0 radical (unpaired) electrons. The van der Waals surface area contributed by atoms with Crippen LogP contribution in [0.5, 0.6) is 5.75 Å². The molecule has 5 heteroatoms. The van der Waals surface area contributed by atoms with Gasteiger partial charge in [-0.2, -0.15) is 0 Å². The van der Waals surface area contributed by atoms with Crippen LogP contribution in [0.1, 0.15) is 35.4 Å². The van der Waals surface area contributed by atoms with E-state index in [0.29, 0.717) is 0 Å². The Hall–Kier alpha value is -0.360. The van der Waals surface area contributed by atoms with Crippen LogP contribution in [-0.2, 0) is 0 Å². The van der Waals surface area contributed by atoms with E-state index >= 15 is 0 Å². The second kappa shape index (κ2) is 7.77. The summed E-state index contributed by atoms with van der Waals surface area (Å²) in [5.74, 6) is 0.864. The molecule has 21 heavy (non-hydrogen) atoms. The fraction of sp³-hybridized carbons (Fsp3) is 0.375. The van der Waals surface area contributed by atoms with Crippen LogP contribution in [0.3, 0.4) is 0 Å². The molecule has 1 aromatic carbocycles. The quantitative estimate of drug-likeness (QED) is 0.633. The highest BCUT2D eigenvalue weighted by molar-refractivity contribution is 9.11. The van der Waals surface area contributed by atoms with E-state index in [1.165, 1.54) is 19.8 Å². The Kier molecular flexibility index (Phi) is 6.29. The Morgan fingerprint density at radius 3 is 2.57 bits per heavy atom. The van der Waals surface area contributed by atoms with Gasteiger partial charge in [-0.15, -0.1) is 11.3 Å². The van der Waals surface area contributed by atoms with Crippen LogP contribution in [0, 0.1) is 6.92 Å². The molecule has 0 aliphatic carbocycles. The van der Waals surface area contributed by atoms with Crippen molar-refractivity contribution < 1.29 is 4.74 Å². The summed E-state index contributed by atoms with van der Waals surface area (Å²) in [6.07, 6.45) is 1.11. The minimum Gasteiger partial charge on any atom is -0.497 e. The lowest BCUT2D eigenvalue weighted by atomic mass is 10.0. The van der Waals surface area contributed by atoms with E-state index in [2.05, 4.69) is 63.2 Å². The van der Waals surface area contributed by atoms with Gasteiger partial charge in [0.2, 0.25) is 0 Å². The highest BCUT2D eigenvalue weighted by Gasteiger charge is 2.19. The van der Waals surface area contributed by atoms with Crippen molar-refractivity contribution in [1.82, 2.24) is 5.32 Å². The Morgan fingerprint density at radius 1 is 1.29 bits per heavy atom. The average molecular weight is 433 g/mol. The molecule has 0 aliphatic rings. The maximum absolute atomic E-state index is 5.28. The number of aryl methyl sites for hydroxylation is 1. The normalized spacial score (nSPS) is 12.4. The Bertz CT molecular complexity index is 593. The Balaban J connectivity index is 2.40. The van der Waals surface area contributed by atoms with E-state index in [4.69, 9.17) is 4.74 Å². The molecule has 1 atom stereocenters. The zero-order valence-electron chi connectivity index (χ0n) is 12.4. The second-order valence-electron chi connectivity index (χ2n) is 4.88. The van der Waals surface area contributed by atoms with Crippen LogP contribution in [0.4, 0.5) is 0 Å². The molecule has 0 saturated carbocycles. The van der Waals surface area contributed by atoms with E-state index in [0.717, 1.165) is 23.2 Å². The SMILES string of the molecule is CCCNC(c1cc(C)c(Br)s1)c1ccc(OC)cc1Br. The first-order valence-electron chi connectivity index (χ1n) is 6.89. The third-order valence-electron chi connectivity index (χ3n) is 3.28. The second-order valence-corrected chi connectivity index (χ2v) is 8.14. The number of benzene rings is 1. The van der Waals surface area contributed by atoms with Gasteiger partial charge >= 0.3 is 0 Å². The van der Waals surface area contributed by atoms with Gasteiger partial charge < -0.3 is 10.1 Å². The number of methoxy groups -OCH3 is 1. The predicted octanol–water partition coefficient (Wildman–Crippen LogP) is 5.68. The minimum absolute atomic E-state index is 0.195. The molecule has 1 unspecified atom stereocenters. The Morgan fingerprint density at radius 2 is 2.05 bits per heavy atom. The Labute approximate surface area is 147 Å². The van der Waals surface area contributed by atoms with Crippen molar-refractivity contribution in [2.24, 2.45) is 0 Å². The van der Waals surface area contributed by atoms with Crippen molar-refractivity contribution in [2.45, 2.75) is 26.3 Å². The summed E-state index contributed by atoms with van der Waals surface area (Å²) in [6.45, 7) is 5.30. The molecule has 2 nitrogen and oxygen atoms in total. The van der Waals surface area contributed by atoms with Gasteiger partial charge in [-0.25, -0.2) is 0 Å². The van der Waals surface area contributed by atoms with Gasteiger partial charge in [0, 0.05) is 9.35 Å². The third-order valence-corrected chi connectivity index (χ3v) is 6.17. The minimum atomic E-state index is 0.195. The average Bonchev–Trinajstić information content (AvgIpc) is 2.80. The molecule has 1 aromatic heterocycles. The summed E-state index contributed by atoms with van der Waals surface area (Å²) in [7, 11) is 1.69. The smallest absolute Gasteiger partial charge is 0.120 e. The largest absolute Gasteiger partial charge is 0.497 e. The van der Waals surface area contributed by atoms with Crippen molar-refractivity contribution in [2.75, 3.05) is 13.7 Å². The lowest BCUT2D eigenvalue weighted by Crippen LogP contribution is -2.22. The maximum atomic E-state index is 5.28. The predicted molar refractivity (Wildman–Crippen MR) is 97.6 cm³/mol. The lowest BCUT2D eigenvalue weighted by molar-refractivity contribution is 0.414. The van der Waals surface area contributed by atoms with Crippen LogP contribution in [-0.4, -0.2) is 13.7 Å². The molecule has 1 N–H and O–H groups in total. The molecule has 2 aromatic rings. The molecule has 0 spiro atoms. The fourth-order valence-corrected chi connectivity index (χ4v) is 4.40. The molecule has 0 fully saturated rings. The van der Waals surface area contributed by atoms with Crippen molar-refractivity contribution in [1.29, 1.82) is 0 Å². The summed E-state index contributed by atoms with van der Waals surface area (Å²) in [5, 5.41) is 3.64. The zero-order chi connectivity index (χ0) is 15.4. The molecular weight excluding hydrogens is 414 g/mol. The van der Waals surface area contributed by atoms with Crippen molar-refractivity contribution in [3.8, 4) is 5.75 Å². The van der Waals surface area contributed by atoms with Crippen molar-refractivity contribution in [3.05, 3.63) is 48.5 Å². The fourth-order valence-electron chi connectivity index (χ4n) is 2.15. The van der Waals surface area contributed by atoms with Gasteiger partial charge in [0.1, 0.15) is 5.75 Å². The summed E-state index contributed by atoms with van der Waals surface area (Å²) >= 11 is 9.09. The number of hydrogen-bond donors (Lipinski definition) is 1. The first-order valence-corrected chi connectivity index (χ1v) is 9.29. The summed E-state index contributed by atoms with van der Waals surface area (Å²) in [5.41, 5.74) is 2.51. The maximum Gasteiger partial charge on any atom is 0.120 e. The van der Waals surface area contributed by atoms with E-state index in [1.54, 1.807) is 18.4 Å². The molecule has 2 rings (SSSR count). The number of halogens is 2. The first kappa shape index (κ1) is 17.0. The van der Waals surface area contributed by atoms with E-state index < -0.39 is 0 Å². The van der Waals surface area contributed by atoms with Gasteiger partial charge in [0.05, 0.1) is 16.9 Å². The molecular formula is C16H19Br2NOS. The number of nitrogens with one attached hydrogen (secondary N) is 1.